The molecule has 0 radical (unpaired) electrons. The fourth-order valence-electron chi connectivity index (χ4n) is 4.22. The maximum absolute atomic E-state index is 12.8. The van der Waals surface area contributed by atoms with Crippen molar-refractivity contribution < 1.29 is 52.5 Å². The Kier molecular flexibility index (Phi) is 10.4. The van der Waals surface area contributed by atoms with E-state index in [0.29, 0.717) is 45.3 Å². The van der Waals surface area contributed by atoms with E-state index in [1.165, 1.54) is 9.80 Å². The second-order valence-electron chi connectivity index (χ2n) is 8.60. The number of benzene rings is 1. The normalized spacial score (nSPS) is 19.4. The quantitative estimate of drug-likeness (QED) is 0.450. The first kappa shape index (κ1) is 29.5. The summed E-state index contributed by atoms with van der Waals surface area (Å²) in [4.78, 5) is 61.8. The average molecular weight is 531 g/mol. The molecule has 3 N–H and O–H groups in total. The molecule has 1 aromatic carbocycles. The van der Waals surface area contributed by atoms with E-state index in [4.69, 9.17) is 9.90 Å². The number of nitrogens with zero attached hydrogens (tertiary/aromatic N) is 3. The zero-order valence-corrected chi connectivity index (χ0v) is 19.8. The van der Waals surface area contributed by atoms with Crippen molar-refractivity contribution in [2.45, 2.75) is 50.5 Å². The summed E-state index contributed by atoms with van der Waals surface area (Å²) in [5.41, 5.74) is 0.908. The Morgan fingerprint density at radius 3 is 1.57 bits per heavy atom. The smallest absolute Gasteiger partial charge is 0.480 e. The summed E-state index contributed by atoms with van der Waals surface area (Å²) in [6.45, 7) is 0.897. The van der Waals surface area contributed by atoms with Gasteiger partial charge in [-0.05, 0) is 31.2 Å². The van der Waals surface area contributed by atoms with Crippen LogP contribution in [0.1, 0.15) is 31.2 Å². The number of halogens is 3. The van der Waals surface area contributed by atoms with Crippen LogP contribution >= 0.6 is 0 Å². The van der Waals surface area contributed by atoms with Gasteiger partial charge in [-0.1, -0.05) is 30.3 Å². The monoisotopic (exact) mass is 531 g/mol. The molecule has 0 aromatic heterocycles. The fraction of sp³-hybridized carbons (Fsp3) is 0.522. The van der Waals surface area contributed by atoms with Gasteiger partial charge in [0.2, 0.25) is 11.8 Å². The Morgan fingerprint density at radius 1 is 0.811 bits per heavy atom. The summed E-state index contributed by atoms with van der Waals surface area (Å²) in [5, 5.41) is 25.8. The Balaban J connectivity index is 0.000000604. The number of hydrogen-bond donors (Lipinski definition) is 3. The van der Waals surface area contributed by atoms with E-state index in [2.05, 4.69) is 0 Å². The molecule has 11 nitrogen and oxygen atoms in total. The van der Waals surface area contributed by atoms with E-state index in [1.807, 2.05) is 30.3 Å². The summed E-state index contributed by atoms with van der Waals surface area (Å²) >= 11 is 0. The zero-order chi connectivity index (χ0) is 27.8. The lowest BCUT2D eigenvalue weighted by Gasteiger charge is -2.29. The number of rotatable bonds is 8. The molecule has 0 spiro atoms. The Bertz CT molecular complexity index is 943. The highest BCUT2D eigenvalue weighted by molar-refractivity contribution is 5.87. The lowest BCUT2D eigenvalue weighted by molar-refractivity contribution is -0.192. The van der Waals surface area contributed by atoms with Crippen LogP contribution in [0.5, 0.6) is 0 Å². The zero-order valence-electron chi connectivity index (χ0n) is 19.8. The first-order valence-electron chi connectivity index (χ1n) is 11.4. The van der Waals surface area contributed by atoms with Crippen molar-refractivity contribution >= 4 is 29.7 Å². The van der Waals surface area contributed by atoms with Crippen LogP contribution in [0.2, 0.25) is 0 Å². The molecule has 0 saturated carbocycles. The minimum absolute atomic E-state index is 0.101. The van der Waals surface area contributed by atoms with Crippen LogP contribution in [0, 0.1) is 0 Å². The molecule has 2 heterocycles. The number of alkyl halides is 3. The highest BCUT2D eigenvalue weighted by Gasteiger charge is 2.38. The summed E-state index contributed by atoms with van der Waals surface area (Å²) in [6, 6.07) is 7.69. The Labute approximate surface area is 210 Å². The fourth-order valence-corrected chi connectivity index (χ4v) is 4.22. The van der Waals surface area contributed by atoms with Crippen LogP contribution in [0.15, 0.2) is 30.3 Å². The van der Waals surface area contributed by atoms with Gasteiger partial charge >= 0.3 is 24.1 Å². The second-order valence-corrected chi connectivity index (χ2v) is 8.60. The van der Waals surface area contributed by atoms with Crippen molar-refractivity contribution in [1.82, 2.24) is 14.7 Å². The molecule has 2 fully saturated rings. The van der Waals surface area contributed by atoms with Crippen molar-refractivity contribution in [1.29, 1.82) is 0 Å². The van der Waals surface area contributed by atoms with Crippen LogP contribution in [-0.2, 0) is 30.5 Å². The second kappa shape index (κ2) is 13.0. The highest BCUT2D eigenvalue weighted by atomic mass is 19.4. The topological polar surface area (TPSA) is 156 Å². The number of carbonyl (C=O) groups excluding carboxylic acids is 2. The minimum atomic E-state index is -5.08. The van der Waals surface area contributed by atoms with E-state index in [9.17, 15) is 42.6 Å². The molecule has 37 heavy (non-hydrogen) atoms. The van der Waals surface area contributed by atoms with E-state index in [0.717, 1.165) is 5.56 Å². The Morgan fingerprint density at radius 2 is 1.22 bits per heavy atom. The first-order valence-corrected chi connectivity index (χ1v) is 11.4. The van der Waals surface area contributed by atoms with E-state index >= 15 is 0 Å². The van der Waals surface area contributed by atoms with Gasteiger partial charge in [-0.3, -0.25) is 14.5 Å². The van der Waals surface area contributed by atoms with Crippen molar-refractivity contribution in [3.63, 3.8) is 0 Å². The van der Waals surface area contributed by atoms with Gasteiger partial charge in [-0.25, -0.2) is 14.4 Å². The third-order valence-corrected chi connectivity index (χ3v) is 5.93. The lowest BCUT2D eigenvalue weighted by atomic mass is 10.2. The molecule has 1 aromatic rings. The van der Waals surface area contributed by atoms with E-state index < -0.39 is 36.2 Å². The van der Waals surface area contributed by atoms with Gasteiger partial charge in [0.25, 0.3) is 0 Å². The minimum Gasteiger partial charge on any atom is -0.480 e. The molecule has 2 saturated heterocycles. The molecule has 3 rings (SSSR count). The molecule has 2 amide bonds. The summed E-state index contributed by atoms with van der Waals surface area (Å²) in [6.07, 6.45) is -2.97. The molecule has 0 unspecified atom stereocenters. The molecule has 0 bridgehead atoms. The van der Waals surface area contributed by atoms with Gasteiger partial charge in [-0.15, -0.1) is 0 Å². The third-order valence-electron chi connectivity index (χ3n) is 5.93. The van der Waals surface area contributed by atoms with E-state index in [1.54, 1.807) is 4.90 Å². The van der Waals surface area contributed by atoms with E-state index in [-0.39, 0.29) is 24.9 Å². The van der Waals surface area contributed by atoms with Crippen LogP contribution < -0.4 is 0 Å². The molecule has 2 aliphatic heterocycles. The van der Waals surface area contributed by atoms with Gasteiger partial charge in [0.05, 0.1) is 13.1 Å². The maximum atomic E-state index is 12.8. The Hall–Kier alpha value is -3.68. The predicted molar refractivity (Wildman–Crippen MR) is 120 cm³/mol. The average Bonchev–Trinajstić information content (AvgIpc) is 3.49. The SMILES string of the molecule is O=C(O)C(F)(F)F.O=C(O)[C@H]1CCCN1C(=O)CN(CC(=O)N1CCC[C@@H]1C(=O)O)Cc1ccccc1. The van der Waals surface area contributed by atoms with Crippen molar-refractivity contribution in [3.8, 4) is 0 Å². The predicted octanol–water partition coefficient (Wildman–Crippen LogP) is 1.27. The summed E-state index contributed by atoms with van der Waals surface area (Å²) in [7, 11) is 0. The van der Waals surface area contributed by atoms with Crippen molar-refractivity contribution in [3.05, 3.63) is 35.9 Å². The molecule has 2 aliphatic rings. The number of amides is 2. The van der Waals surface area contributed by atoms with Crippen LogP contribution in [0.25, 0.3) is 0 Å². The van der Waals surface area contributed by atoms with Gasteiger partial charge in [0.15, 0.2) is 0 Å². The largest absolute Gasteiger partial charge is 0.490 e. The highest BCUT2D eigenvalue weighted by Crippen LogP contribution is 2.20. The van der Waals surface area contributed by atoms with Gasteiger partial charge in [0.1, 0.15) is 12.1 Å². The number of carboxylic acid groups (broad SMARTS) is 3. The molecule has 204 valence electrons. The molecule has 0 aliphatic carbocycles. The maximum Gasteiger partial charge on any atom is 0.490 e. The number of hydrogen-bond acceptors (Lipinski definition) is 6. The number of likely N-dealkylation sites (tertiary alicyclic amines) is 2. The van der Waals surface area contributed by atoms with Gasteiger partial charge in [-0.2, -0.15) is 13.2 Å². The van der Waals surface area contributed by atoms with Crippen molar-refractivity contribution in [2.75, 3.05) is 26.2 Å². The summed E-state index contributed by atoms with van der Waals surface area (Å²) in [5.74, 6) is -5.46. The molecule has 14 heteroatoms. The summed E-state index contributed by atoms with van der Waals surface area (Å²) < 4.78 is 31.7. The molecular formula is C23H28F3N3O8. The number of carboxylic acids is 3. The molecular weight excluding hydrogens is 503 g/mol. The first-order chi connectivity index (χ1) is 17.3. The standard InChI is InChI=1S/C21H27N3O6.C2HF3O2/c25-18(23-10-4-8-16(23)20(27)28)13-22(12-15-6-2-1-3-7-15)14-19(26)24-11-5-9-17(24)21(29)30;3-2(4,5)1(6)7/h1-3,6-7,16-17H,4-5,8-14H2,(H,27,28)(H,29,30);(H,6,7)/t16-,17-;/m1./s1. The van der Waals surface area contributed by atoms with Crippen LogP contribution in [0.3, 0.4) is 0 Å². The number of aliphatic carboxylic acids is 3. The van der Waals surface area contributed by atoms with Gasteiger partial charge in [0, 0.05) is 19.6 Å². The van der Waals surface area contributed by atoms with Crippen LogP contribution in [-0.4, -0.2) is 104 Å². The lowest BCUT2D eigenvalue weighted by Crippen LogP contribution is -2.49. The molecule has 2 atom stereocenters. The number of carbonyl (C=O) groups is 5. The van der Waals surface area contributed by atoms with Gasteiger partial charge < -0.3 is 25.1 Å². The third kappa shape index (κ3) is 8.74. The van der Waals surface area contributed by atoms with Crippen molar-refractivity contribution in [2.24, 2.45) is 0 Å². The van der Waals surface area contributed by atoms with Crippen LogP contribution in [0.4, 0.5) is 13.2 Å².